The van der Waals surface area contributed by atoms with Gasteiger partial charge in [-0.1, -0.05) is 158 Å². The molecule has 1 saturated carbocycles. The minimum Gasteiger partial charge on any atom is -0.487 e. The van der Waals surface area contributed by atoms with E-state index < -0.39 is 0 Å². The van der Waals surface area contributed by atoms with Crippen LogP contribution in [0.1, 0.15) is 16.7 Å². The van der Waals surface area contributed by atoms with Crippen LogP contribution in [0.4, 0.5) is 0 Å². The molecule has 1 fully saturated rings. The van der Waals surface area contributed by atoms with Gasteiger partial charge in [0, 0.05) is 22.6 Å². The van der Waals surface area contributed by atoms with E-state index in [1.165, 1.54) is 38.6 Å². The lowest BCUT2D eigenvalue weighted by atomic mass is 9.88. The first-order valence-electron chi connectivity index (χ1n) is 18.3. The molecule has 1 aromatic heterocycles. The van der Waals surface area contributed by atoms with Gasteiger partial charge in [0.1, 0.15) is 11.9 Å². The second-order valence-electron chi connectivity index (χ2n) is 14.3. The van der Waals surface area contributed by atoms with Gasteiger partial charge in [0.2, 0.25) is 0 Å². The van der Waals surface area contributed by atoms with E-state index in [2.05, 4.69) is 170 Å². The Morgan fingerprint density at radius 1 is 0.566 bits per heavy atom. The predicted octanol–water partition coefficient (Wildman–Crippen LogP) is 11.2. The van der Waals surface area contributed by atoms with Gasteiger partial charge in [-0.2, -0.15) is 0 Å². The molecular weight excluding hydrogens is 647 g/mol. The molecule has 2 unspecified atom stereocenters. The summed E-state index contributed by atoms with van der Waals surface area (Å²) >= 11 is 0. The predicted molar refractivity (Wildman–Crippen MR) is 214 cm³/mol. The van der Waals surface area contributed by atoms with Crippen LogP contribution >= 0.6 is 0 Å². The Balaban J connectivity index is 1.07. The van der Waals surface area contributed by atoms with Gasteiger partial charge in [0.05, 0.1) is 11.0 Å². The zero-order valence-electron chi connectivity index (χ0n) is 28.9. The highest BCUT2D eigenvalue weighted by Crippen LogP contribution is 2.67. The Morgan fingerprint density at radius 3 is 2.21 bits per heavy atom. The van der Waals surface area contributed by atoms with Gasteiger partial charge in [0.15, 0.2) is 17.5 Å². The molecule has 3 aliphatic carbocycles. The van der Waals surface area contributed by atoms with Gasteiger partial charge in [-0.05, 0) is 68.8 Å². The van der Waals surface area contributed by atoms with E-state index in [4.69, 9.17) is 19.7 Å². The van der Waals surface area contributed by atoms with Crippen LogP contribution in [-0.4, -0.2) is 21.1 Å². The van der Waals surface area contributed by atoms with Crippen molar-refractivity contribution < 1.29 is 4.74 Å². The van der Waals surface area contributed by atoms with Crippen molar-refractivity contribution in [2.24, 2.45) is 5.92 Å². The Morgan fingerprint density at radius 2 is 1.30 bits per heavy atom. The van der Waals surface area contributed by atoms with E-state index in [1.54, 1.807) is 0 Å². The highest BCUT2D eigenvalue weighted by Gasteiger charge is 2.70. The van der Waals surface area contributed by atoms with E-state index >= 15 is 0 Å². The van der Waals surface area contributed by atoms with E-state index in [9.17, 15) is 0 Å². The Hall–Kier alpha value is -6.65. The Labute approximate surface area is 308 Å². The zero-order valence-corrected chi connectivity index (χ0v) is 28.9. The fraction of sp³-hybridized carbons (Fsp3) is 0.0816. The average molecular weight is 680 g/mol. The molecule has 4 nitrogen and oxygen atoms in total. The van der Waals surface area contributed by atoms with Gasteiger partial charge < -0.3 is 4.74 Å². The summed E-state index contributed by atoms with van der Waals surface area (Å²) < 4.78 is 6.72. The van der Waals surface area contributed by atoms with Gasteiger partial charge in [-0.25, -0.2) is 15.0 Å². The van der Waals surface area contributed by atoms with Crippen LogP contribution in [0.2, 0.25) is 0 Å². The highest BCUT2D eigenvalue weighted by molar-refractivity contribution is 5.97. The summed E-state index contributed by atoms with van der Waals surface area (Å²) in [4.78, 5) is 15.5. The van der Waals surface area contributed by atoms with E-state index in [0.717, 1.165) is 40.0 Å². The third kappa shape index (κ3) is 4.72. The van der Waals surface area contributed by atoms with Crippen LogP contribution in [0.15, 0.2) is 170 Å². The molecule has 6 aromatic carbocycles. The number of para-hydroxylation sites is 1. The number of hydrogen-bond acceptors (Lipinski definition) is 4. The summed E-state index contributed by atoms with van der Waals surface area (Å²) in [6, 6.07) is 45.0. The van der Waals surface area contributed by atoms with Crippen molar-refractivity contribution in [2.75, 3.05) is 0 Å². The molecule has 11 rings (SSSR count). The summed E-state index contributed by atoms with van der Waals surface area (Å²) in [6.45, 7) is 0. The maximum atomic E-state index is 6.72. The normalized spacial score (nSPS) is 19.9. The maximum Gasteiger partial charge on any atom is 0.167 e. The lowest BCUT2D eigenvalue weighted by molar-refractivity contribution is 0.303. The number of nitrogens with zero attached hydrogens (tertiary/aromatic N) is 3. The summed E-state index contributed by atoms with van der Waals surface area (Å²) in [6.07, 6.45) is 18.6. The van der Waals surface area contributed by atoms with Crippen molar-refractivity contribution in [3.8, 4) is 62.2 Å². The van der Waals surface area contributed by atoms with Crippen molar-refractivity contribution in [3.63, 3.8) is 0 Å². The van der Waals surface area contributed by atoms with Crippen molar-refractivity contribution in [2.45, 2.75) is 17.9 Å². The minimum atomic E-state index is -0.0946. The van der Waals surface area contributed by atoms with Gasteiger partial charge in [-0.15, -0.1) is 0 Å². The molecular formula is C49H33N3O. The van der Waals surface area contributed by atoms with Crippen LogP contribution in [0.3, 0.4) is 0 Å². The van der Waals surface area contributed by atoms with Crippen LogP contribution in [0.5, 0.6) is 5.75 Å². The zero-order chi connectivity index (χ0) is 34.9. The first-order chi connectivity index (χ1) is 26.2. The molecule has 3 atom stereocenters. The highest BCUT2D eigenvalue weighted by atomic mass is 16.5. The summed E-state index contributed by atoms with van der Waals surface area (Å²) in [7, 11) is 0. The maximum absolute atomic E-state index is 6.72. The molecule has 2 heterocycles. The van der Waals surface area contributed by atoms with Gasteiger partial charge in [0.25, 0.3) is 0 Å². The third-order valence-corrected chi connectivity index (χ3v) is 11.4. The molecule has 1 spiro atoms. The topological polar surface area (TPSA) is 47.9 Å². The van der Waals surface area contributed by atoms with Crippen molar-refractivity contribution in [3.05, 3.63) is 187 Å². The van der Waals surface area contributed by atoms with Crippen LogP contribution in [-0.2, 0) is 11.8 Å². The smallest absolute Gasteiger partial charge is 0.167 e. The van der Waals surface area contributed by atoms with E-state index in [1.807, 2.05) is 6.07 Å². The summed E-state index contributed by atoms with van der Waals surface area (Å²) in [5.41, 5.74) is 11.1. The van der Waals surface area contributed by atoms with Gasteiger partial charge >= 0.3 is 0 Å². The lowest BCUT2D eigenvalue weighted by Crippen LogP contribution is -2.07. The second-order valence-corrected chi connectivity index (χ2v) is 14.3. The lowest BCUT2D eigenvalue weighted by Gasteiger charge is -2.17. The quantitative estimate of drug-likeness (QED) is 0.182. The molecule has 1 aliphatic heterocycles. The first kappa shape index (κ1) is 30.0. The molecule has 4 heteroatoms. The SMILES string of the molecule is C1=CCc2c(-c3cccc(-c4nc(-c5ccc(-c6ccccc6)cc5)nc(-c5cccc6c5OC5C7C=CC=C[C@@]675)n4)c3)cc3ccccc3c2C=C1. The van der Waals surface area contributed by atoms with Crippen LogP contribution < -0.4 is 4.74 Å². The molecule has 4 aliphatic rings. The van der Waals surface area contributed by atoms with Crippen LogP contribution in [0.25, 0.3) is 73.3 Å². The molecule has 53 heavy (non-hydrogen) atoms. The number of ether oxygens (including phenoxy) is 1. The number of benzene rings is 6. The Kier molecular flexibility index (Phi) is 6.62. The fourth-order valence-corrected chi connectivity index (χ4v) is 8.69. The molecule has 0 saturated heterocycles. The molecule has 250 valence electrons. The molecule has 0 amide bonds. The largest absolute Gasteiger partial charge is 0.487 e. The van der Waals surface area contributed by atoms with Crippen LogP contribution in [0, 0.1) is 5.92 Å². The first-order valence-corrected chi connectivity index (χ1v) is 18.3. The number of fused-ring (bicyclic) bond motifs is 5. The van der Waals surface area contributed by atoms with Crippen molar-refractivity contribution in [1.82, 2.24) is 15.0 Å². The van der Waals surface area contributed by atoms with Crippen molar-refractivity contribution >= 4 is 16.8 Å². The average Bonchev–Trinajstić information content (AvgIpc) is 3.86. The molecule has 0 bridgehead atoms. The number of rotatable bonds is 5. The summed E-state index contributed by atoms with van der Waals surface area (Å²) in [5, 5.41) is 2.50. The third-order valence-electron chi connectivity index (χ3n) is 11.4. The number of aromatic nitrogens is 3. The van der Waals surface area contributed by atoms with Gasteiger partial charge in [-0.3, -0.25) is 0 Å². The number of allylic oxidation sites excluding steroid dienone is 5. The number of hydrogen-bond donors (Lipinski definition) is 0. The Bertz CT molecular complexity index is 2740. The van der Waals surface area contributed by atoms with Crippen molar-refractivity contribution in [1.29, 1.82) is 0 Å². The molecule has 7 aromatic rings. The summed E-state index contributed by atoms with van der Waals surface area (Å²) in [5.74, 6) is 3.12. The second kappa shape index (κ2) is 11.7. The van der Waals surface area contributed by atoms with E-state index in [0.29, 0.717) is 23.4 Å². The van der Waals surface area contributed by atoms with E-state index in [-0.39, 0.29) is 11.5 Å². The monoisotopic (exact) mass is 679 g/mol. The standard InChI is InChI=1S/C49H33N3O/c1-3-13-31(14-4-1)32-24-26-33(27-25-32)46-50-47(52-48(51-46)40-21-12-23-42-44(40)53-45-43-22-9-10-28-49(42,43)45)36-17-11-16-34(29-36)41-30-35-15-7-8-18-37(35)38-19-5-2-6-20-39(38)41/h1-19,21-30,43,45H,20H2/t43?,45?,49-/m1/s1. The molecule has 0 radical (unpaired) electrons. The molecule has 0 N–H and O–H groups in total. The fourth-order valence-electron chi connectivity index (χ4n) is 8.69. The minimum absolute atomic E-state index is 0.0946.